The number of H-pyrrole nitrogens is 1. The van der Waals surface area contributed by atoms with Crippen LogP contribution in [0, 0.1) is 10.8 Å². The smallest absolute Gasteiger partial charge is 0.177 e. The van der Waals surface area contributed by atoms with Gasteiger partial charge in [0.2, 0.25) is 0 Å². The molecule has 1 heterocycles. The standard InChI is InChI=1S/C15H20N2O2S/c1-14(2)12(15(14,3)4)13-16-9-7-6-8-10(11(9)17-13)20(5,18)19/h6-8,12H,1-5H3,(H,16,17). The maximum atomic E-state index is 11.8. The van der Waals surface area contributed by atoms with Gasteiger partial charge in [-0.15, -0.1) is 0 Å². The third-order valence-corrected chi connectivity index (χ3v) is 6.32. The van der Waals surface area contributed by atoms with Crippen molar-refractivity contribution in [3.63, 3.8) is 0 Å². The predicted molar refractivity (Wildman–Crippen MR) is 79.5 cm³/mol. The zero-order valence-corrected chi connectivity index (χ0v) is 13.3. The number of aromatic amines is 1. The largest absolute Gasteiger partial charge is 0.342 e. The van der Waals surface area contributed by atoms with Crippen LogP contribution < -0.4 is 0 Å². The van der Waals surface area contributed by atoms with Crippen LogP contribution in [0.25, 0.3) is 11.0 Å². The van der Waals surface area contributed by atoms with Gasteiger partial charge in [0.25, 0.3) is 0 Å². The van der Waals surface area contributed by atoms with Gasteiger partial charge in [0.1, 0.15) is 11.3 Å². The Balaban J connectivity index is 2.19. The molecule has 1 N–H and O–H groups in total. The molecule has 0 atom stereocenters. The maximum Gasteiger partial charge on any atom is 0.177 e. The quantitative estimate of drug-likeness (QED) is 0.925. The summed E-state index contributed by atoms with van der Waals surface area (Å²) in [4.78, 5) is 8.20. The van der Waals surface area contributed by atoms with Gasteiger partial charge in [0.15, 0.2) is 9.84 Å². The number of nitrogens with one attached hydrogen (secondary N) is 1. The lowest BCUT2D eigenvalue weighted by Crippen LogP contribution is -1.98. The number of sulfone groups is 1. The number of rotatable bonds is 2. The summed E-state index contributed by atoms with van der Waals surface area (Å²) in [7, 11) is -3.26. The summed E-state index contributed by atoms with van der Waals surface area (Å²) in [6.45, 7) is 8.90. The van der Waals surface area contributed by atoms with Gasteiger partial charge in [-0.3, -0.25) is 0 Å². The van der Waals surface area contributed by atoms with E-state index < -0.39 is 9.84 Å². The molecule has 3 rings (SSSR count). The summed E-state index contributed by atoms with van der Waals surface area (Å²) < 4.78 is 23.7. The fraction of sp³-hybridized carbons (Fsp3) is 0.533. The van der Waals surface area contributed by atoms with Gasteiger partial charge < -0.3 is 4.98 Å². The Kier molecular flexibility index (Phi) is 2.48. The van der Waals surface area contributed by atoms with E-state index in [0.717, 1.165) is 11.3 Å². The summed E-state index contributed by atoms with van der Waals surface area (Å²) in [5.74, 6) is 1.22. The van der Waals surface area contributed by atoms with Crippen LogP contribution in [0.1, 0.15) is 39.4 Å². The van der Waals surface area contributed by atoms with E-state index in [2.05, 4.69) is 37.7 Å². The number of nitrogens with zero attached hydrogens (tertiary/aromatic N) is 1. The Morgan fingerprint density at radius 3 is 2.25 bits per heavy atom. The molecule has 1 aromatic carbocycles. The first-order valence-electron chi connectivity index (χ1n) is 6.75. The van der Waals surface area contributed by atoms with E-state index >= 15 is 0 Å². The van der Waals surface area contributed by atoms with Crippen molar-refractivity contribution in [2.24, 2.45) is 10.8 Å². The van der Waals surface area contributed by atoms with Crippen LogP contribution in [-0.2, 0) is 9.84 Å². The molecule has 0 unspecified atom stereocenters. The molecule has 1 aliphatic carbocycles. The van der Waals surface area contributed by atoms with E-state index in [1.54, 1.807) is 12.1 Å². The van der Waals surface area contributed by atoms with Crippen molar-refractivity contribution in [3.05, 3.63) is 24.0 Å². The number of fused-ring (bicyclic) bond motifs is 1. The van der Waals surface area contributed by atoms with Crippen LogP contribution in [0.3, 0.4) is 0 Å². The molecule has 0 amide bonds. The van der Waals surface area contributed by atoms with E-state index in [4.69, 9.17) is 0 Å². The van der Waals surface area contributed by atoms with Crippen molar-refractivity contribution in [1.82, 2.24) is 9.97 Å². The average Bonchev–Trinajstić information content (AvgIpc) is 2.61. The minimum atomic E-state index is -3.26. The molecule has 1 saturated carbocycles. The van der Waals surface area contributed by atoms with Crippen LogP contribution in [0.5, 0.6) is 0 Å². The van der Waals surface area contributed by atoms with E-state index in [1.165, 1.54) is 6.26 Å². The topological polar surface area (TPSA) is 62.8 Å². The summed E-state index contributed by atoms with van der Waals surface area (Å²) in [5, 5.41) is 0. The van der Waals surface area contributed by atoms with Crippen molar-refractivity contribution in [2.75, 3.05) is 6.26 Å². The Morgan fingerprint density at radius 1 is 1.15 bits per heavy atom. The van der Waals surface area contributed by atoms with E-state index in [-0.39, 0.29) is 10.8 Å². The fourth-order valence-corrected chi connectivity index (χ4v) is 4.17. The Bertz CT molecular complexity index is 786. The Labute approximate surface area is 119 Å². The monoisotopic (exact) mass is 292 g/mol. The maximum absolute atomic E-state index is 11.8. The van der Waals surface area contributed by atoms with E-state index in [0.29, 0.717) is 16.3 Å². The van der Waals surface area contributed by atoms with Gasteiger partial charge in [-0.2, -0.15) is 0 Å². The molecule has 108 valence electrons. The van der Waals surface area contributed by atoms with Gasteiger partial charge >= 0.3 is 0 Å². The normalized spacial score (nSPS) is 21.2. The zero-order valence-electron chi connectivity index (χ0n) is 12.5. The van der Waals surface area contributed by atoms with E-state index in [9.17, 15) is 8.42 Å². The molecule has 1 aliphatic rings. The molecule has 0 spiro atoms. The van der Waals surface area contributed by atoms with Crippen molar-refractivity contribution in [3.8, 4) is 0 Å². The lowest BCUT2D eigenvalue weighted by molar-refractivity contribution is 0.457. The molecule has 0 aliphatic heterocycles. The summed E-state index contributed by atoms with van der Waals surface area (Å²) in [6.07, 6.45) is 1.22. The number of imidazole rings is 1. The first kappa shape index (κ1) is 13.6. The molecular weight excluding hydrogens is 272 g/mol. The second-order valence-electron chi connectivity index (χ2n) is 6.92. The minimum Gasteiger partial charge on any atom is -0.342 e. The molecular formula is C15H20N2O2S. The van der Waals surface area contributed by atoms with Gasteiger partial charge in [-0.1, -0.05) is 33.8 Å². The number of hydrogen-bond donors (Lipinski definition) is 1. The van der Waals surface area contributed by atoms with Crippen LogP contribution in [0.15, 0.2) is 23.1 Å². The second kappa shape index (κ2) is 3.64. The predicted octanol–water partition coefficient (Wildman–Crippen LogP) is 3.12. The second-order valence-corrected chi connectivity index (χ2v) is 8.91. The lowest BCUT2D eigenvalue weighted by atomic mass is 10.0. The van der Waals surface area contributed by atoms with Crippen LogP contribution >= 0.6 is 0 Å². The summed E-state index contributed by atoms with van der Waals surface area (Å²) in [6, 6.07) is 5.25. The number of benzene rings is 1. The van der Waals surface area contributed by atoms with Crippen LogP contribution in [0.4, 0.5) is 0 Å². The SMILES string of the molecule is CC1(C)C(c2nc3c(S(C)(=O)=O)cccc3[nH]2)C1(C)C. The van der Waals surface area contributed by atoms with Gasteiger partial charge in [-0.25, -0.2) is 13.4 Å². The number of para-hydroxylation sites is 1. The molecule has 0 radical (unpaired) electrons. The third kappa shape index (κ3) is 1.65. The van der Waals surface area contributed by atoms with Crippen molar-refractivity contribution in [2.45, 2.75) is 38.5 Å². The van der Waals surface area contributed by atoms with Crippen molar-refractivity contribution < 1.29 is 8.42 Å². The molecule has 5 heteroatoms. The van der Waals surface area contributed by atoms with E-state index in [1.807, 2.05) is 6.07 Å². The molecule has 4 nitrogen and oxygen atoms in total. The minimum absolute atomic E-state index is 0.173. The lowest BCUT2D eigenvalue weighted by Gasteiger charge is -2.03. The van der Waals surface area contributed by atoms with Crippen molar-refractivity contribution in [1.29, 1.82) is 0 Å². The first-order valence-corrected chi connectivity index (χ1v) is 8.64. The van der Waals surface area contributed by atoms with Gasteiger partial charge in [0, 0.05) is 12.2 Å². The molecule has 0 saturated heterocycles. The molecule has 1 fully saturated rings. The molecule has 2 aromatic rings. The van der Waals surface area contributed by atoms with Crippen molar-refractivity contribution >= 4 is 20.9 Å². The fourth-order valence-electron chi connectivity index (χ4n) is 3.34. The first-order chi connectivity index (χ1) is 9.07. The van der Waals surface area contributed by atoms with Gasteiger partial charge in [0.05, 0.1) is 10.4 Å². The molecule has 1 aromatic heterocycles. The van der Waals surface area contributed by atoms with Gasteiger partial charge in [-0.05, 0) is 23.0 Å². The Morgan fingerprint density at radius 2 is 1.75 bits per heavy atom. The summed E-state index contributed by atoms with van der Waals surface area (Å²) >= 11 is 0. The highest BCUT2D eigenvalue weighted by molar-refractivity contribution is 7.91. The molecule has 20 heavy (non-hydrogen) atoms. The van der Waals surface area contributed by atoms with Crippen LogP contribution in [0.2, 0.25) is 0 Å². The van der Waals surface area contributed by atoms with Crippen LogP contribution in [-0.4, -0.2) is 24.6 Å². The number of aromatic nitrogens is 2. The molecule has 0 bridgehead atoms. The Hall–Kier alpha value is -1.36. The highest BCUT2D eigenvalue weighted by Gasteiger charge is 2.66. The third-order valence-electron chi connectivity index (χ3n) is 5.19. The highest BCUT2D eigenvalue weighted by Crippen LogP contribution is 2.73. The summed E-state index contributed by atoms with van der Waals surface area (Å²) in [5.41, 5.74) is 1.70. The number of hydrogen-bond acceptors (Lipinski definition) is 3. The zero-order chi connectivity index (χ0) is 14.9. The highest BCUT2D eigenvalue weighted by atomic mass is 32.2. The average molecular weight is 292 g/mol.